The maximum Gasteiger partial charge on any atom is 0.337 e. The van der Waals surface area contributed by atoms with E-state index in [1.165, 1.54) is 11.7 Å². The minimum Gasteiger partial charge on any atom is -0.468 e. The van der Waals surface area contributed by atoms with Gasteiger partial charge in [0.15, 0.2) is 11.2 Å². The van der Waals surface area contributed by atoms with Crippen LogP contribution in [0.1, 0.15) is 18.3 Å². The number of para-hydroxylation sites is 1. The van der Waals surface area contributed by atoms with Crippen molar-refractivity contribution in [3.05, 3.63) is 111 Å². The number of H-pyrrole nitrogens is 1. The number of aromatic amines is 1. The van der Waals surface area contributed by atoms with E-state index in [1.807, 2.05) is 60.0 Å². The number of hydrogen-bond acceptors (Lipinski definition) is 8. The van der Waals surface area contributed by atoms with Gasteiger partial charge in [-0.15, -0.1) is 10.2 Å². The number of imidazole rings is 1. The van der Waals surface area contributed by atoms with Crippen molar-refractivity contribution in [3.63, 3.8) is 0 Å². The third kappa shape index (κ3) is 4.68. The average Bonchev–Trinajstić information content (AvgIpc) is 3.69. The number of aryl methyl sites for hydroxylation is 1. The van der Waals surface area contributed by atoms with E-state index in [0.717, 1.165) is 26.8 Å². The fourth-order valence-electron chi connectivity index (χ4n) is 5.05. The molecule has 0 aliphatic heterocycles. The van der Waals surface area contributed by atoms with Gasteiger partial charge in [0.2, 0.25) is 5.82 Å². The van der Waals surface area contributed by atoms with Crippen molar-refractivity contribution in [2.24, 2.45) is 0 Å². The van der Waals surface area contributed by atoms with Gasteiger partial charge in [0.25, 0.3) is 5.56 Å². The predicted octanol–water partition coefficient (Wildman–Crippen LogP) is 2.98. The molecule has 12 nitrogen and oxygen atoms in total. The number of methoxy groups -OCH3 is 1. The highest BCUT2D eigenvalue weighted by Gasteiger charge is 2.23. The molecule has 42 heavy (non-hydrogen) atoms. The Bertz CT molecular complexity index is 2010. The van der Waals surface area contributed by atoms with Gasteiger partial charge in [-0.1, -0.05) is 73.7 Å². The fraction of sp³-hybridized carbons (Fsp3) is 0.167. The van der Waals surface area contributed by atoms with Crippen LogP contribution in [0.5, 0.6) is 0 Å². The van der Waals surface area contributed by atoms with Gasteiger partial charge in [0, 0.05) is 18.5 Å². The summed E-state index contributed by atoms with van der Waals surface area (Å²) in [5.41, 5.74) is 3.26. The molecule has 3 aromatic heterocycles. The Kier molecular flexibility index (Phi) is 7.01. The zero-order valence-corrected chi connectivity index (χ0v) is 22.9. The number of ether oxygens (including phenoxy) is 1. The van der Waals surface area contributed by atoms with Crippen LogP contribution in [-0.2, 0) is 29.0 Å². The predicted molar refractivity (Wildman–Crippen MR) is 155 cm³/mol. The van der Waals surface area contributed by atoms with Crippen molar-refractivity contribution >= 4 is 17.1 Å². The van der Waals surface area contributed by atoms with Crippen LogP contribution in [0.3, 0.4) is 0 Å². The first-order valence-corrected chi connectivity index (χ1v) is 13.3. The molecule has 0 aliphatic rings. The first-order chi connectivity index (χ1) is 20.5. The smallest absolute Gasteiger partial charge is 0.337 e. The molecule has 12 heteroatoms. The number of carbonyl (C=O) groups excluding carboxylic acids is 1. The molecular formula is C30H26N8O4. The van der Waals surface area contributed by atoms with Crippen molar-refractivity contribution in [2.75, 3.05) is 7.11 Å². The van der Waals surface area contributed by atoms with Crippen molar-refractivity contribution < 1.29 is 9.53 Å². The lowest BCUT2D eigenvalue weighted by molar-refractivity contribution is -0.141. The summed E-state index contributed by atoms with van der Waals surface area (Å²) in [6, 6.07) is 24.4. The van der Waals surface area contributed by atoms with Crippen molar-refractivity contribution in [1.82, 2.24) is 39.3 Å². The lowest BCUT2D eigenvalue weighted by Gasteiger charge is -2.13. The summed E-state index contributed by atoms with van der Waals surface area (Å²) >= 11 is 0. The van der Waals surface area contributed by atoms with Gasteiger partial charge in [-0.05, 0) is 34.0 Å². The van der Waals surface area contributed by atoms with Crippen LogP contribution in [0, 0.1) is 0 Å². The van der Waals surface area contributed by atoms with Gasteiger partial charge in [-0.25, -0.2) is 14.3 Å². The van der Waals surface area contributed by atoms with E-state index in [9.17, 15) is 14.4 Å². The number of hydrogen-bond donors (Lipinski definition) is 1. The van der Waals surface area contributed by atoms with Crippen LogP contribution in [-0.4, -0.2) is 52.4 Å². The lowest BCUT2D eigenvalue weighted by atomic mass is 9.98. The monoisotopic (exact) mass is 562 g/mol. The largest absolute Gasteiger partial charge is 0.468 e. The summed E-state index contributed by atoms with van der Waals surface area (Å²) in [7, 11) is 1.25. The lowest BCUT2D eigenvalue weighted by Crippen LogP contribution is -2.40. The van der Waals surface area contributed by atoms with Gasteiger partial charge in [-0.3, -0.25) is 14.2 Å². The first kappa shape index (κ1) is 26.6. The molecule has 0 unspecified atom stereocenters. The summed E-state index contributed by atoms with van der Waals surface area (Å²) in [6.07, 6.45) is 0.502. The number of rotatable bonds is 8. The molecule has 0 saturated carbocycles. The maximum absolute atomic E-state index is 13.9. The molecular weight excluding hydrogens is 536 g/mol. The Balaban J connectivity index is 1.47. The highest BCUT2D eigenvalue weighted by molar-refractivity contribution is 5.80. The number of fused-ring (bicyclic) bond motifs is 1. The Morgan fingerprint density at radius 2 is 1.62 bits per heavy atom. The molecule has 0 radical (unpaired) electrons. The quantitative estimate of drug-likeness (QED) is 0.279. The Hall–Kier alpha value is -5.65. The molecule has 0 fully saturated rings. The van der Waals surface area contributed by atoms with Crippen molar-refractivity contribution in [1.29, 1.82) is 0 Å². The van der Waals surface area contributed by atoms with Crippen molar-refractivity contribution in [2.45, 2.75) is 26.4 Å². The van der Waals surface area contributed by atoms with E-state index in [-0.39, 0.29) is 17.7 Å². The molecule has 6 aromatic rings. The summed E-state index contributed by atoms with van der Waals surface area (Å²) in [6.45, 7) is 1.87. The molecule has 6 rings (SSSR count). The van der Waals surface area contributed by atoms with E-state index in [4.69, 9.17) is 4.74 Å². The molecule has 0 atom stereocenters. The summed E-state index contributed by atoms with van der Waals surface area (Å²) in [4.78, 5) is 44.5. The molecule has 3 heterocycles. The van der Waals surface area contributed by atoms with Crippen LogP contribution in [0.4, 0.5) is 0 Å². The van der Waals surface area contributed by atoms with E-state index in [2.05, 4.69) is 25.6 Å². The third-order valence-corrected chi connectivity index (χ3v) is 7.08. The van der Waals surface area contributed by atoms with Gasteiger partial charge in [-0.2, -0.15) is 5.21 Å². The highest BCUT2D eigenvalue weighted by Crippen LogP contribution is 2.30. The number of nitrogens with zero attached hydrogens (tertiary/aromatic N) is 7. The van der Waals surface area contributed by atoms with Gasteiger partial charge >= 0.3 is 11.7 Å². The van der Waals surface area contributed by atoms with E-state index >= 15 is 0 Å². The van der Waals surface area contributed by atoms with Crippen LogP contribution in [0.15, 0.2) is 88.5 Å². The summed E-state index contributed by atoms with van der Waals surface area (Å²) in [5.74, 6) is 0.484. The normalized spacial score (nSPS) is 11.2. The highest BCUT2D eigenvalue weighted by atomic mass is 16.5. The van der Waals surface area contributed by atoms with Crippen LogP contribution >= 0.6 is 0 Å². The summed E-state index contributed by atoms with van der Waals surface area (Å²) in [5, 5.41) is 14.4. The number of esters is 1. The van der Waals surface area contributed by atoms with Crippen LogP contribution in [0.2, 0.25) is 0 Å². The minimum atomic E-state index is -0.666. The first-order valence-electron chi connectivity index (χ1n) is 13.3. The van der Waals surface area contributed by atoms with E-state index in [0.29, 0.717) is 30.3 Å². The van der Waals surface area contributed by atoms with E-state index < -0.39 is 17.2 Å². The second kappa shape index (κ2) is 11.1. The minimum absolute atomic E-state index is 0.144. The number of nitrogens with one attached hydrogen (secondary N) is 1. The molecule has 0 saturated heterocycles. The number of carbonyl (C=O) groups is 1. The Morgan fingerprint density at radius 3 is 2.29 bits per heavy atom. The zero-order chi connectivity index (χ0) is 29.2. The van der Waals surface area contributed by atoms with Gasteiger partial charge in [0.05, 0.1) is 12.8 Å². The zero-order valence-electron chi connectivity index (χ0n) is 22.9. The van der Waals surface area contributed by atoms with Gasteiger partial charge in [0.1, 0.15) is 12.4 Å². The second-order valence-corrected chi connectivity index (χ2v) is 9.54. The number of tetrazole rings is 1. The summed E-state index contributed by atoms with van der Waals surface area (Å²) < 4.78 is 8.92. The SMILES string of the molecule is CCc1nc2c(c(=O)n(-c3ccccc3)c(=O)n2CC(=O)OC)n1Cc1ccc(-c2ccccc2-c2nn[nH]n2)cc1. The molecule has 1 N–H and O–H groups in total. The molecule has 0 bridgehead atoms. The molecule has 0 amide bonds. The molecule has 3 aromatic carbocycles. The van der Waals surface area contributed by atoms with Gasteiger partial charge < -0.3 is 9.30 Å². The van der Waals surface area contributed by atoms with E-state index in [1.54, 1.807) is 30.3 Å². The Morgan fingerprint density at radius 1 is 0.905 bits per heavy atom. The van der Waals surface area contributed by atoms with Crippen LogP contribution in [0.25, 0.3) is 39.4 Å². The molecule has 0 spiro atoms. The average molecular weight is 563 g/mol. The molecule has 0 aliphatic carbocycles. The standard InChI is InChI=1S/C30H26N8O4/c1-3-24-31-28-26(29(40)38(21-9-5-4-6-10-21)30(41)37(28)18-25(39)42-2)36(24)17-19-13-15-20(16-14-19)22-11-7-8-12-23(22)27-32-34-35-33-27/h4-16H,3,17-18H2,1-2H3,(H,32,33,34,35). The van der Waals surface area contributed by atoms with Crippen LogP contribution < -0.4 is 11.2 Å². The second-order valence-electron chi connectivity index (χ2n) is 9.54. The van der Waals surface area contributed by atoms with Crippen molar-refractivity contribution in [3.8, 4) is 28.2 Å². The maximum atomic E-state index is 13.9. The fourth-order valence-corrected chi connectivity index (χ4v) is 5.05. The Labute approximate surface area is 238 Å². The number of aromatic nitrogens is 8. The topological polar surface area (TPSA) is 143 Å². The third-order valence-electron chi connectivity index (χ3n) is 7.08. The molecule has 210 valence electrons. The number of benzene rings is 3.